The highest BCUT2D eigenvalue weighted by atomic mass is 16.5. The van der Waals surface area contributed by atoms with Crippen molar-refractivity contribution in [3.8, 4) is 34.3 Å². The highest BCUT2D eigenvalue weighted by Crippen LogP contribution is 2.39. The van der Waals surface area contributed by atoms with E-state index in [-0.39, 0.29) is 34.0 Å². The maximum atomic E-state index is 12.7. The van der Waals surface area contributed by atoms with Crippen molar-refractivity contribution in [2.45, 2.75) is 13.8 Å². The SMILES string of the molecule is COc1ccc(-c2oc3c(C=CC(C)C)c(O)cc(O)c3c(=O)c2O)cc1. The Balaban J connectivity index is 2.35. The Labute approximate surface area is 155 Å². The zero-order chi connectivity index (χ0) is 19.7. The van der Waals surface area contributed by atoms with Gasteiger partial charge in [0.2, 0.25) is 11.2 Å². The van der Waals surface area contributed by atoms with Gasteiger partial charge in [-0.1, -0.05) is 26.0 Å². The minimum Gasteiger partial charge on any atom is -0.507 e. The van der Waals surface area contributed by atoms with Gasteiger partial charge in [0.1, 0.15) is 22.6 Å². The molecular weight excluding hydrogens is 348 g/mol. The molecule has 6 nitrogen and oxygen atoms in total. The van der Waals surface area contributed by atoms with Crippen LogP contribution in [0, 0.1) is 5.92 Å². The van der Waals surface area contributed by atoms with Gasteiger partial charge in [-0.3, -0.25) is 4.79 Å². The predicted molar refractivity (Wildman–Crippen MR) is 103 cm³/mol. The summed E-state index contributed by atoms with van der Waals surface area (Å²) in [7, 11) is 1.53. The Morgan fingerprint density at radius 2 is 1.74 bits per heavy atom. The van der Waals surface area contributed by atoms with Crippen LogP contribution < -0.4 is 10.2 Å². The van der Waals surface area contributed by atoms with Crippen LogP contribution in [-0.4, -0.2) is 22.4 Å². The number of methoxy groups -OCH3 is 1. The Bertz CT molecular complexity index is 1070. The molecule has 0 unspecified atom stereocenters. The van der Waals surface area contributed by atoms with E-state index in [1.165, 1.54) is 7.11 Å². The van der Waals surface area contributed by atoms with Crippen LogP contribution in [0.1, 0.15) is 19.4 Å². The molecule has 2 aromatic carbocycles. The van der Waals surface area contributed by atoms with Crippen molar-refractivity contribution >= 4 is 17.0 Å². The summed E-state index contributed by atoms with van der Waals surface area (Å²) in [6.07, 6.45) is 3.45. The van der Waals surface area contributed by atoms with Gasteiger partial charge in [0, 0.05) is 11.6 Å². The van der Waals surface area contributed by atoms with Crippen LogP contribution in [0.15, 0.2) is 45.6 Å². The third-order valence-corrected chi connectivity index (χ3v) is 4.14. The van der Waals surface area contributed by atoms with Crippen molar-refractivity contribution in [1.82, 2.24) is 0 Å². The molecular formula is C21H20O6. The van der Waals surface area contributed by atoms with Gasteiger partial charge in [-0.15, -0.1) is 0 Å². The van der Waals surface area contributed by atoms with Crippen molar-refractivity contribution in [1.29, 1.82) is 0 Å². The number of phenols is 2. The molecule has 27 heavy (non-hydrogen) atoms. The molecule has 0 atom stereocenters. The Kier molecular flexibility index (Phi) is 4.81. The van der Waals surface area contributed by atoms with Gasteiger partial charge in [0.15, 0.2) is 11.3 Å². The van der Waals surface area contributed by atoms with Crippen molar-refractivity contribution in [3.63, 3.8) is 0 Å². The first kappa shape index (κ1) is 18.4. The van der Waals surface area contributed by atoms with Gasteiger partial charge in [-0.2, -0.15) is 0 Å². The van der Waals surface area contributed by atoms with E-state index in [4.69, 9.17) is 9.15 Å². The number of rotatable bonds is 4. The van der Waals surface area contributed by atoms with E-state index in [2.05, 4.69) is 0 Å². The number of ether oxygens (including phenoxy) is 1. The quantitative estimate of drug-likeness (QED) is 0.636. The molecule has 3 rings (SSSR count). The molecule has 0 bridgehead atoms. The number of allylic oxidation sites excluding steroid dienone is 1. The van der Waals surface area contributed by atoms with E-state index in [0.717, 1.165) is 6.07 Å². The Morgan fingerprint density at radius 1 is 1.07 bits per heavy atom. The van der Waals surface area contributed by atoms with E-state index in [1.807, 2.05) is 19.9 Å². The normalized spacial score (nSPS) is 11.6. The first-order valence-electron chi connectivity index (χ1n) is 8.40. The fourth-order valence-electron chi connectivity index (χ4n) is 2.73. The molecule has 3 aromatic rings. The molecule has 140 valence electrons. The summed E-state index contributed by atoms with van der Waals surface area (Å²) in [6.45, 7) is 3.92. The summed E-state index contributed by atoms with van der Waals surface area (Å²) in [5, 5.41) is 30.5. The zero-order valence-corrected chi connectivity index (χ0v) is 15.2. The van der Waals surface area contributed by atoms with Crippen LogP contribution >= 0.6 is 0 Å². The molecule has 3 N–H and O–H groups in total. The molecule has 1 heterocycles. The first-order chi connectivity index (χ1) is 12.8. The van der Waals surface area contributed by atoms with Gasteiger partial charge >= 0.3 is 0 Å². The Hall–Kier alpha value is -3.41. The van der Waals surface area contributed by atoms with Gasteiger partial charge in [-0.25, -0.2) is 0 Å². The van der Waals surface area contributed by atoms with Crippen LogP contribution in [0.4, 0.5) is 0 Å². The third-order valence-electron chi connectivity index (χ3n) is 4.14. The molecule has 0 aliphatic carbocycles. The highest BCUT2D eigenvalue weighted by molar-refractivity contribution is 5.94. The molecule has 0 fully saturated rings. The zero-order valence-electron chi connectivity index (χ0n) is 15.2. The molecule has 0 aliphatic heterocycles. The molecule has 0 radical (unpaired) electrons. The second-order valence-corrected chi connectivity index (χ2v) is 6.47. The second-order valence-electron chi connectivity index (χ2n) is 6.47. The van der Waals surface area contributed by atoms with Crippen LogP contribution in [0.3, 0.4) is 0 Å². The van der Waals surface area contributed by atoms with Crippen LogP contribution in [-0.2, 0) is 0 Å². The fraction of sp³-hybridized carbons (Fsp3) is 0.190. The lowest BCUT2D eigenvalue weighted by molar-refractivity contribution is 0.414. The Morgan fingerprint density at radius 3 is 2.33 bits per heavy atom. The van der Waals surface area contributed by atoms with Crippen molar-refractivity contribution in [2.24, 2.45) is 5.92 Å². The molecule has 0 saturated heterocycles. The minimum absolute atomic E-state index is 0.00184. The minimum atomic E-state index is -0.779. The number of aromatic hydroxyl groups is 3. The maximum absolute atomic E-state index is 12.7. The lowest BCUT2D eigenvalue weighted by atomic mass is 10.0. The largest absolute Gasteiger partial charge is 0.507 e. The first-order valence-corrected chi connectivity index (χ1v) is 8.40. The van der Waals surface area contributed by atoms with Crippen molar-refractivity contribution in [3.05, 3.63) is 52.2 Å². The van der Waals surface area contributed by atoms with E-state index in [0.29, 0.717) is 11.3 Å². The molecule has 1 aromatic heterocycles. The second kappa shape index (κ2) is 7.07. The predicted octanol–water partition coefficient (Wildman–Crippen LogP) is 4.25. The number of hydrogen-bond donors (Lipinski definition) is 3. The summed E-state index contributed by atoms with van der Waals surface area (Å²) in [5.74, 6) is -0.567. The van der Waals surface area contributed by atoms with Crippen LogP contribution in [0.25, 0.3) is 28.4 Å². The standard InChI is InChI=1S/C21H20O6/c1-11(2)4-9-14-15(22)10-16(23)17-18(24)19(25)20(27-21(14)17)12-5-7-13(26-3)8-6-12/h4-11,22-23,25H,1-3H3. The monoisotopic (exact) mass is 368 g/mol. The highest BCUT2D eigenvalue weighted by Gasteiger charge is 2.21. The van der Waals surface area contributed by atoms with Crippen LogP contribution in [0.2, 0.25) is 0 Å². The summed E-state index contributed by atoms with van der Waals surface area (Å²) < 4.78 is 10.9. The van der Waals surface area contributed by atoms with Crippen molar-refractivity contribution in [2.75, 3.05) is 7.11 Å². The van der Waals surface area contributed by atoms with Gasteiger partial charge < -0.3 is 24.5 Å². The molecule has 0 amide bonds. The van der Waals surface area contributed by atoms with E-state index in [1.54, 1.807) is 30.3 Å². The van der Waals surface area contributed by atoms with Crippen LogP contribution in [0.5, 0.6) is 23.0 Å². The summed E-state index contributed by atoms with van der Waals surface area (Å²) in [4.78, 5) is 12.7. The molecule has 6 heteroatoms. The summed E-state index contributed by atoms with van der Waals surface area (Å²) in [6, 6.07) is 7.66. The smallest absolute Gasteiger partial charge is 0.238 e. The third kappa shape index (κ3) is 3.33. The number of benzene rings is 2. The van der Waals surface area contributed by atoms with E-state index in [9.17, 15) is 20.1 Å². The topological polar surface area (TPSA) is 100 Å². The maximum Gasteiger partial charge on any atom is 0.238 e. The van der Waals surface area contributed by atoms with Gasteiger partial charge in [0.05, 0.1) is 12.7 Å². The number of fused-ring (bicyclic) bond motifs is 1. The lowest BCUT2D eigenvalue weighted by Gasteiger charge is -2.11. The fourth-order valence-corrected chi connectivity index (χ4v) is 2.73. The average molecular weight is 368 g/mol. The molecule has 0 spiro atoms. The molecule has 0 aliphatic rings. The van der Waals surface area contributed by atoms with E-state index < -0.39 is 16.9 Å². The summed E-state index contributed by atoms with van der Waals surface area (Å²) >= 11 is 0. The average Bonchev–Trinajstić information content (AvgIpc) is 2.63. The van der Waals surface area contributed by atoms with Crippen molar-refractivity contribution < 1.29 is 24.5 Å². The lowest BCUT2D eigenvalue weighted by Crippen LogP contribution is -2.04. The summed E-state index contributed by atoms with van der Waals surface area (Å²) in [5.41, 5.74) is -0.0749. The molecule has 0 saturated carbocycles. The van der Waals surface area contributed by atoms with Gasteiger partial charge in [-0.05, 0) is 30.2 Å². The number of phenolic OH excluding ortho intramolecular Hbond substituents is 2. The van der Waals surface area contributed by atoms with E-state index >= 15 is 0 Å². The van der Waals surface area contributed by atoms with Gasteiger partial charge in [0.25, 0.3) is 0 Å². The number of hydrogen-bond acceptors (Lipinski definition) is 6.